The quantitative estimate of drug-likeness (QED) is 0.918. The standard InChI is InChI=1S/C19H28N2O3/c1-21(2)17-5-3-15(4-6-17)13-18(22)20-16-7-10-24-19(14-16)8-11-23-12-9-19/h3-6,16H,7-14H2,1-2H3,(H,20,22)/t16-/m0/s1. The van der Waals surface area contributed by atoms with E-state index in [1.165, 1.54) is 0 Å². The Morgan fingerprint density at radius 3 is 2.58 bits per heavy atom. The molecule has 132 valence electrons. The van der Waals surface area contributed by atoms with E-state index in [4.69, 9.17) is 9.47 Å². The number of hydrogen-bond donors (Lipinski definition) is 1. The summed E-state index contributed by atoms with van der Waals surface area (Å²) < 4.78 is 11.5. The largest absolute Gasteiger partial charge is 0.381 e. The second-order valence-corrected chi connectivity index (χ2v) is 7.14. The molecule has 1 atom stereocenters. The van der Waals surface area contributed by atoms with Gasteiger partial charge in [0.1, 0.15) is 0 Å². The van der Waals surface area contributed by atoms with Gasteiger partial charge in [0.2, 0.25) is 5.91 Å². The fourth-order valence-corrected chi connectivity index (χ4v) is 3.62. The number of nitrogens with one attached hydrogen (secondary N) is 1. The summed E-state index contributed by atoms with van der Waals surface area (Å²) in [6, 6.07) is 8.37. The minimum atomic E-state index is -0.0815. The third kappa shape index (κ3) is 4.28. The minimum Gasteiger partial charge on any atom is -0.381 e. The predicted octanol–water partition coefficient (Wildman–Crippen LogP) is 2.14. The number of carbonyl (C=O) groups excluding carboxylic acids is 1. The predicted molar refractivity (Wildman–Crippen MR) is 94.4 cm³/mol. The van der Waals surface area contributed by atoms with Gasteiger partial charge >= 0.3 is 0 Å². The number of amides is 1. The highest BCUT2D eigenvalue weighted by molar-refractivity contribution is 5.79. The van der Waals surface area contributed by atoms with Crippen molar-refractivity contribution < 1.29 is 14.3 Å². The molecule has 2 aliphatic heterocycles. The Balaban J connectivity index is 1.52. The summed E-state index contributed by atoms with van der Waals surface area (Å²) >= 11 is 0. The van der Waals surface area contributed by atoms with Crippen LogP contribution in [0.15, 0.2) is 24.3 Å². The molecule has 24 heavy (non-hydrogen) atoms. The van der Waals surface area contributed by atoms with Crippen LogP contribution in [-0.2, 0) is 20.7 Å². The molecule has 3 rings (SSSR count). The van der Waals surface area contributed by atoms with Crippen LogP contribution in [0.25, 0.3) is 0 Å². The number of hydrogen-bond acceptors (Lipinski definition) is 4. The Morgan fingerprint density at radius 2 is 1.92 bits per heavy atom. The summed E-state index contributed by atoms with van der Waals surface area (Å²) in [5, 5.41) is 3.21. The lowest BCUT2D eigenvalue weighted by molar-refractivity contribution is -0.143. The molecule has 0 aromatic heterocycles. The molecule has 1 aromatic rings. The van der Waals surface area contributed by atoms with Crippen molar-refractivity contribution in [3.63, 3.8) is 0 Å². The maximum atomic E-state index is 12.4. The lowest BCUT2D eigenvalue weighted by Crippen LogP contribution is -2.51. The van der Waals surface area contributed by atoms with Crippen molar-refractivity contribution in [1.82, 2.24) is 5.32 Å². The molecule has 0 bridgehead atoms. The van der Waals surface area contributed by atoms with Crippen LogP contribution >= 0.6 is 0 Å². The third-order valence-electron chi connectivity index (χ3n) is 5.08. The van der Waals surface area contributed by atoms with Gasteiger partial charge in [-0.15, -0.1) is 0 Å². The van der Waals surface area contributed by atoms with E-state index in [2.05, 4.69) is 10.2 Å². The Kier molecular flexibility index (Phi) is 5.41. The van der Waals surface area contributed by atoms with E-state index in [9.17, 15) is 4.79 Å². The summed E-state index contributed by atoms with van der Waals surface area (Å²) in [7, 11) is 4.03. The average molecular weight is 332 g/mol. The number of nitrogens with zero attached hydrogens (tertiary/aromatic N) is 1. The van der Waals surface area contributed by atoms with Crippen molar-refractivity contribution in [2.24, 2.45) is 0 Å². The average Bonchev–Trinajstić information content (AvgIpc) is 2.56. The molecular formula is C19H28N2O3. The van der Waals surface area contributed by atoms with Crippen LogP contribution in [0.3, 0.4) is 0 Å². The van der Waals surface area contributed by atoms with Crippen molar-refractivity contribution in [3.05, 3.63) is 29.8 Å². The molecule has 0 radical (unpaired) electrons. The Labute approximate surface area is 144 Å². The number of carbonyl (C=O) groups is 1. The number of benzene rings is 1. The topological polar surface area (TPSA) is 50.8 Å². The van der Waals surface area contributed by atoms with Crippen LogP contribution in [0.1, 0.15) is 31.2 Å². The molecule has 5 heteroatoms. The van der Waals surface area contributed by atoms with Gasteiger partial charge in [0, 0.05) is 45.6 Å². The van der Waals surface area contributed by atoms with Gasteiger partial charge in [0.25, 0.3) is 0 Å². The van der Waals surface area contributed by atoms with Gasteiger partial charge in [-0.25, -0.2) is 0 Å². The zero-order valence-corrected chi connectivity index (χ0v) is 14.7. The Morgan fingerprint density at radius 1 is 1.21 bits per heavy atom. The smallest absolute Gasteiger partial charge is 0.224 e. The second-order valence-electron chi connectivity index (χ2n) is 7.14. The first-order valence-electron chi connectivity index (χ1n) is 8.84. The van der Waals surface area contributed by atoms with Gasteiger partial charge in [-0.05, 0) is 43.4 Å². The molecule has 0 aliphatic carbocycles. The van der Waals surface area contributed by atoms with Gasteiger partial charge in [0.05, 0.1) is 12.0 Å². The first kappa shape index (κ1) is 17.2. The van der Waals surface area contributed by atoms with Gasteiger partial charge in [-0.1, -0.05) is 12.1 Å². The molecule has 2 aliphatic rings. The lowest BCUT2D eigenvalue weighted by Gasteiger charge is -2.43. The summed E-state index contributed by atoms with van der Waals surface area (Å²) in [4.78, 5) is 14.4. The zero-order chi connectivity index (χ0) is 17.0. The van der Waals surface area contributed by atoms with E-state index in [-0.39, 0.29) is 17.6 Å². The third-order valence-corrected chi connectivity index (χ3v) is 5.08. The Hall–Kier alpha value is -1.59. The zero-order valence-electron chi connectivity index (χ0n) is 14.7. The van der Waals surface area contributed by atoms with Gasteiger partial charge in [0.15, 0.2) is 0 Å². The van der Waals surface area contributed by atoms with E-state index in [1.807, 2.05) is 38.4 Å². The van der Waals surface area contributed by atoms with Crippen LogP contribution < -0.4 is 10.2 Å². The summed E-state index contributed by atoms with van der Waals surface area (Å²) in [5.74, 6) is 0.0988. The summed E-state index contributed by atoms with van der Waals surface area (Å²) in [5.41, 5.74) is 2.11. The molecule has 2 saturated heterocycles. The molecule has 2 heterocycles. The van der Waals surface area contributed by atoms with Gasteiger partial charge in [-0.2, -0.15) is 0 Å². The summed E-state index contributed by atoms with van der Waals surface area (Å²) in [6.07, 6.45) is 4.10. The highest BCUT2D eigenvalue weighted by Gasteiger charge is 2.39. The van der Waals surface area contributed by atoms with E-state index >= 15 is 0 Å². The molecular weight excluding hydrogens is 304 g/mol. The van der Waals surface area contributed by atoms with Crippen LogP contribution in [0.5, 0.6) is 0 Å². The van der Waals surface area contributed by atoms with Gasteiger partial charge in [-0.3, -0.25) is 4.79 Å². The minimum absolute atomic E-state index is 0.0815. The highest BCUT2D eigenvalue weighted by atomic mass is 16.5. The van der Waals surface area contributed by atoms with Crippen molar-refractivity contribution in [3.8, 4) is 0 Å². The second kappa shape index (κ2) is 7.53. The van der Waals surface area contributed by atoms with Crippen molar-refractivity contribution in [2.45, 2.75) is 43.7 Å². The molecule has 0 unspecified atom stereocenters. The highest BCUT2D eigenvalue weighted by Crippen LogP contribution is 2.34. The fourth-order valence-electron chi connectivity index (χ4n) is 3.62. The number of rotatable bonds is 4. The van der Waals surface area contributed by atoms with E-state index in [0.29, 0.717) is 6.42 Å². The monoisotopic (exact) mass is 332 g/mol. The summed E-state index contributed by atoms with van der Waals surface area (Å²) in [6.45, 7) is 2.25. The first-order chi connectivity index (χ1) is 11.6. The maximum Gasteiger partial charge on any atom is 0.224 e. The SMILES string of the molecule is CN(C)c1ccc(CC(=O)N[C@H]2CCOC3(CCOCC3)C2)cc1. The molecule has 2 fully saturated rings. The normalized spacial score (nSPS) is 23.0. The number of ether oxygens (including phenoxy) is 2. The molecule has 1 spiro atoms. The van der Waals surface area contributed by atoms with Crippen molar-refractivity contribution >= 4 is 11.6 Å². The van der Waals surface area contributed by atoms with E-state index < -0.39 is 0 Å². The first-order valence-corrected chi connectivity index (χ1v) is 8.84. The number of anilines is 1. The van der Waals surface area contributed by atoms with Crippen LogP contribution in [0, 0.1) is 0 Å². The van der Waals surface area contributed by atoms with Crippen molar-refractivity contribution in [2.75, 3.05) is 38.8 Å². The Bertz CT molecular complexity index is 545. The van der Waals surface area contributed by atoms with Crippen molar-refractivity contribution in [1.29, 1.82) is 0 Å². The molecule has 1 amide bonds. The van der Waals surface area contributed by atoms with Crippen LogP contribution in [0.2, 0.25) is 0 Å². The van der Waals surface area contributed by atoms with Crippen LogP contribution in [-0.4, -0.2) is 51.5 Å². The molecule has 1 aromatic carbocycles. The molecule has 1 N–H and O–H groups in total. The van der Waals surface area contributed by atoms with E-state index in [1.54, 1.807) is 0 Å². The lowest BCUT2D eigenvalue weighted by atomic mass is 9.84. The van der Waals surface area contributed by atoms with E-state index in [0.717, 1.165) is 56.8 Å². The van der Waals surface area contributed by atoms with Gasteiger partial charge < -0.3 is 19.7 Å². The fraction of sp³-hybridized carbons (Fsp3) is 0.632. The molecule has 5 nitrogen and oxygen atoms in total. The maximum absolute atomic E-state index is 12.4. The molecule has 0 saturated carbocycles. The van der Waals surface area contributed by atoms with Crippen LogP contribution in [0.4, 0.5) is 5.69 Å².